The zero-order chi connectivity index (χ0) is 10.5. The van der Waals surface area contributed by atoms with Crippen LogP contribution in [0.1, 0.15) is 32.6 Å². The van der Waals surface area contributed by atoms with Crippen LogP contribution in [-0.4, -0.2) is 39.8 Å². The van der Waals surface area contributed by atoms with Crippen molar-refractivity contribution in [1.82, 2.24) is 16.0 Å². The van der Waals surface area contributed by atoms with Crippen molar-refractivity contribution in [2.24, 2.45) is 0 Å². The molecule has 14 heavy (non-hydrogen) atoms. The normalized spacial score (nSPS) is 10.7. The van der Waals surface area contributed by atoms with E-state index in [1.807, 2.05) is 7.05 Å². The van der Waals surface area contributed by atoms with Crippen LogP contribution in [0.2, 0.25) is 0 Å². The van der Waals surface area contributed by atoms with E-state index in [0.29, 0.717) is 0 Å². The molecule has 3 nitrogen and oxygen atoms in total. The fourth-order valence-corrected chi connectivity index (χ4v) is 1.32. The van der Waals surface area contributed by atoms with Crippen LogP contribution in [0.3, 0.4) is 0 Å². The van der Waals surface area contributed by atoms with Crippen molar-refractivity contribution in [2.45, 2.75) is 32.6 Å². The molecule has 0 unspecified atom stereocenters. The summed E-state index contributed by atoms with van der Waals surface area (Å²) in [6.07, 6.45) is 5.04. The molecular weight excluding hydrogens is 174 g/mol. The lowest BCUT2D eigenvalue weighted by molar-refractivity contribution is 0.567. The molecule has 0 aliphatic heterocycles. The molecule has 0 aliphatic rings. The Kier molecular flexibility index (Phi) is 12.8. The summed E-state index contributed by atoms with van der Waals surface area (Å²) in [6, 6.07) is 0. The molecule has 0 amide bonds. The van der Waals surface area contributed by atoms with Crippen molar-refractivity contribution in [1.29, 1.82) is 0 Å². The lowest BCUT2D eigenvalue weighted by Gasteiger charge is -2.05. The SMILES string of the molecule is CCCNCCCCNCCCNC. The van der Waals surface area contributed by atoms with Crippen molar-refractivity contribution in [3.05, 3.63) is 0 Å². The quantitative estimate of drug-likeness (QED) is 0.436. The molecule has 0 bridgehead atoms. The average molecular weight is 201 g/mol. The van der Waals surface area contributed by atoms with Crippen molar-refractivity contribution in [2.75, 3.05) is 39.8 Å². The van der Waals surface area contributed by atoms with Crippen LogP contribution in [0.25, 0.3) is 0 Å². The molecule has 0 aromatic rings. The first-order valence-corrected chi connectivity index (χ1v) is 5.97. The van der Waals surface area contributed by atoms with Gasteiger partial charge in [0.25, 0.3) is 0 Å². The summed E-state index contributed by atoms with van der Waals surface area (Å²) in [5.41, 5.74) is 0. The summed E-state index contributed by atoms with van der Waals surface area (Å²) < 4.78 is 0. The van der Waals surface area contributed by atoms with Crippen LogP contribution in [0.5, 0.6) is 0 Å². The summed E-state index contributed by atoms with van der Waals surface area (Å²) in [7, 11) is 2.00. The fraction of sp³-hybridized carbons (Fsp3) is 1.00. The molecule has 0 saturated heterocycles. The second-order valence-corrected chi connectivity index (χ2v) is 3.66. The third-order valence-electron chi connectivity index (χ3n) is 2.16. The number of rotatable bonds is 11. The highest BCUT2D eigenvalue weighted by Gasteiger charge is 1.89. The first-order valence-electron chi connectivity index (χ1n) is 5.97. The molecule has 0 aromatic carbocycles. The van der Waals surface area contributed by atoms with Gasteiger partial charge < -0.3 is 16.0 Å². The third-order valence-corrected chi connectivity index (χ3v) is 2.16. The standard InChI is InChI=1S/C11H27N3/c1-3-7-13-9-4-5-10-14-11-6-8-12-2/h12-14H,3-11H2,1-2H3. The topological polar surface area (TPSA) is 36.1 Å². The average Bonchev–Trinajstić information content (AvgIpc) is 2.21. The first kappa shape index (κ1) is 13.9. The third kappa shape index (κ3) is 11.9. The smallest absolute Gasteiger partial charge is 0.00368 e. The lowest BCUT2D eigenvalue weighted by Crippen LogP contribution is -2.22. The Morgan fingerprint density at radius 1 is 0.714 bits per heavy atom. The molecule has 0 atom stereocenters. The largest absolute Gasteiger partial charge is 0.320 e. The van der Waals surface area contributed by atoms with Crippen molar-refractivity contribution < 1.29 is 0 Å². The molecule has 0 rings (SSSR count). The zero-order valence-corrected chi connectivity index (χ0v) is 9.86. The first-order chi connectivity index (χ1) is 6.91. The zero-order valence-electron chi connectivity index (χ0n) is 9.86. The summed E-state index contributed by atoms with van der Waals surface area (Å²) >= 11 is 0. The van der Waals surface area contributed by atoms with Gasteiger partial charge in [-0.2, -0.15) is 0 Å². The number of hydrogen-bond acceptors (Lipinski definition) is 3. The Morgan fingerprint density at radius 3 is 1.86 bits per heavy atom. The minimum Gasteiger partial charge on any atom is -0.320 e. The van der Waals surface area contributed by atoms with Gasteiger partial charge in [-0.15, -0.1) is 0 Å². The number of nitrogens with one attached hydrogen (secondary N) is 3. The molecule has 0 aliphatic carbocycles. The maximum absolute atomic E-state index is 3.44. The van der Waals surface area contributed by atoms with Crippen molar-refractivity contribution in [3.63, 3.8) is 0 Å². The van der Waals surface area contributed by atoms with Gasteiger partial charge in [0.1, 0.15) is 0 Å². The van der Waals surface area contributed by atoms with E-state index in [1.54, 1.807) is 0 Å². The van der Waals surface area contributed by atoms with Gasteiger partial charge in [-0.3, -0.25) is 0 Å². The number of unbranched alkanes of at least 4 members (excludes halogenated alkanes) is 1. The van der Waals surface area contributed by atoms with Crippen LogP contribution in [-0.2, 0) is 0 Å². The van der Waals surface area contributed by atoms with E-state index in [0.717, 1.165) is 26.2 Å². The fourth-order valence-electron chi connectivity index (χ4n) is 1.32. The Morgan fingerprint density at radius 2 is 1.29 bits per heavy atom. The number of hydrogen-bond donors (Lipinski definition) is 3. The summed E-state index contributed by atoms with van der Waals surface area (Å²) in [4.78, 5) is 0. The van der Waals surface area contributed by atoms with Gasteiger partial charge in [0.05, 0.1) is 0 Å². The predicted molar refractivity (Wildman–Crippen MR) is 63.8 cm³/mol. The van der Waals surface area contributed by atoms with E-state index in [-0.39, 0.29) is 0 Å². The molecular formula is C11H27N3. The van der Waals surface area contributed by atoms with Gasteiger partial charge in [0.15, 0.2) is 0 Å². The van der Waals surface area contributed by atoms with Gasteiger partial charge in [0.2, 0.25) is 0 Å². The van der Waals surface area contributed by atoms with Gasteiger partial charge in [-0.25, -0.2) is 0 Å². The lowest BCUT2D eigenvalue weighted by atomic mass is 10.3. The van der Waals surface area contributed by atoms with Gasteiger partial charge in [-0.1, -0.05) is 6.92 Å². The second-order valence-electron chi connectivity index (χ2n) is 3.66. The Hall–Kier alpha value is -0.120. The highest BCUT2D eigenvalue weighted by atomic mass is 14.9. The van der Waals surface area contributed by atoms with E-state index in [1.165, 1.54) is 32.2 Å². The van der Waals surface area contributed by atoms with Gasteiger partial charge in [-0.05, 0) is 65.5 Å². The monoisotopic (exact) mass is 201 g/mol. The van der Waals surface area contributed by atoms with E-state index in [4.69, 9.17) is 0 Å². The summed E-state index contributed by atoms with van der Waals surface area (Å²) in [5.74, 6) is 0. The predicted octanol–water partition coefficient (Wildman–Crippen LogP) is 0.965. The molecule has 0 saturated carbocycles. The molecule has 0 heterocycles. The highest BCUT2D eigenvalue weighted by Crippen LogP contribution is 1.85. The molecule has 0 aromatic heterocycles. The highest BCUT2D eigenvalue weighted by molar-refractivity contribution is 4.52. The molecule has 86 valence electrons. The van der Waals surface area contributed by atoms with E-state index < -0.39 is 0 Å². The minimum absolute atomic E-state index is 1.12. The van der Waals surface area contributed by atoms with Crippen LogP contribution in [0.15, 0.2) is 0 Å². The van der Waals surface area contributed by atoms with Crippen molar-refractivity contribution >= 4 is 0 Å². The molecule has 0 fully saturated rings. The van der Waals surface area contributed by atoms with Gasteiger partial charge >= 0.3 is 0 Å². The van der Waals surface area contributed by atoms with Gasteiger partial charge in [0, 0.05) is 0 Å². The van der Waals surface area contributed by atoms with Crippen LogP contribution in [0.4, 0.5) is 0 Å². The molecule has 3 heteroatoms. The van der Waals surface area contributed by atoms with Crippen molar-refractivity contribution in [3.8, 4) is 0 Å². The van der Waals surface area contributed by atoms with E-state index in [2.05, 4.69) is 22.9 Å². The Bertz CT molecular complexity index is 84.5. The van der Waals surface area contributed by atoms with E-state index in [9.17, 15) is 0 Å². The minimum atomic E-state index is 1.12. The summed E-state index contributed by atoms with van der Waals surface area (Å²) in [6.45, 7) is 7.96. The molecule has 0 radical (unpaired) electrons. The maximum atomic E-state index is 3.44. The van der Waals surface area contributed by atoms with E-state index >= 15 is 0 Å². The summed E-state index contributed by atoms with van der Waals surface area (Å²) in [5, 5.41) is 9.99. The van der Waals surface area contributed by atoms with Crippen LogP contribution >= 0.6 is 0 Å². The van der Waals surface area contributed by atoms with Crippen LogP contribution in [0, 0.1) is 0 Å². The maximum Gasteiger partial charge on any atom is -0.00368 e. The Labute approximate surface area is 89.0 Å². The van der Waals surface area contributed by atoms with Crippen LogP contribution < -0.4 is 16.0 Å². The second kappa shape index (κ2) is 12.9. The molecule has 0 spiro atoms. The molecule has 3 N–H and O–H groups in total. The Balaban J connectivity index is 2.78.